The number of thioether (sulfide) groups is 2. The lowest BCUT2D eigenvalue weighted by Gasteiger charge is -2.50. The summed E-state index contributed by atoms with van der Waals surface area (Å²) in [5, 5.41) is 25.0. The van der Waals surface area contributed by atoms with E-state index in [0.717, 1.165) is 42.1 Å². The number of carbonyl (C=O) groups is 4. The van der Waals surface area contributed by atoms with E-state index in [2.05, 4.69) is 24.9 Å². The molecule has 3 aromatic heterocycles. The highest BCUT2D eigenvalue weighted by molar-refractivity contribution is 8.02. The highest BCUT2D eigenvalue weighted by Crippen LogP contribution is 2.40. The molecule has 1 aliphatic carbocycles. The van der Waals surface area contributed by atoms with E-state index in [0.29, 0.717) is 16.2 Å². The third-order valence-corrected chi connectivity index (χ3v) is 9.80. The molecule has 1 saturated heterocycles. The van der Waals surface area contributed by atoms with Crippen molar-refractivity contribution in [2.24, 2.45) is 10.9 Å². The Kier molecular flexibility index (Phi) is 8.72. The van der Waals surface area contributed by atoms with E-state index in [1.54, 1.807) is 45.1 Å². The van der Waals surface area contributed by atoms with Gasteiger partial charge in [-0.15, -0.1) is 16.3 Å². The Morgan fingerprint density at radius 3 is 2.80 bits per heavy atom. The number of carboxylic acids is 1. The number of aliphatic carboxylic acids is 1. The summed E-state index contributed by atoms with van der Waals surface area (Å²) < 4.78 is 7.32. The van der Waals surface area contributed by atoms with Gasteiger partial charge in [-0.3, -0.25) is 19.3 Å². The number of hydrogen-bond donors (Lipinski definition) is 3. The molecule has 0 aromatic carbocycles. The fourth-order valence-electron chi connectivity index (χ4n) is 5.13. The van der Waals surface area contributed by atoms with Gasteiger partial charge in [-0.2, -0.15) is 9.36 Å². The summed E-state index contributed by atoms with van der Waals surface area (Å²) in [5.74, 6) is -3.11. The SMILES string of the molecule is NC(=O)C[n+]1ccn2nc(S/C=C/C3=C(C(=O)[O-])N4C(=O)[C@@H](NC(=O)/C(=N/OC5CCCC5)c5nsc(N)n5)[C@H]4SC3)ccc21. The molecule has 16 nitrogen and oxygen atoms in total. The Balaban J connectivity index is 1.14. The molecule has 45 heavy (non-hydrogen) atoms. The molecular formula is C26H26N10O6S3. The number of allylic oxidation sites excluding steroid dienone is 1. The minimum absolute atomic E-state index is 0.0187. The van der Waals surface area contributed by atoms with Crippen LogP contribution in [0.25, 0.3) is 5.65 Å². The van der Waals surface area contributed by atoms with Crippen molar-refractivity contribution >= 4 is 75.2 Å². The quantitative estimate of drug-likeness (QED) is 0.0727. The largest absolute Gasteiger partial charge is 0.543 e. The van der Waals surface area contributed by atoms with Gasteiger partial charge in [-0.05, 0) is 48.8 Å². The van der Waals surface area contributed by atoms with Crippen LogP contribution < -0.4 is 26.5 Å². The number of imidazole rings is 1. The second-order valence-electron chi connectivity index (χ2n) is 10.2. The molecule has 19 heteroatoms. The molecule has 3 aromatic rings. The Bertz CT molecular complexity index is 1780. The van der Waals surface area contributed by atoms with E-state index in [-0.39, 0.29) is 40.8 Å². The number of hydrogen-bond acceptors (Lipinski definition) is 14. The van der Waals surface area contributed by atoms with Gasteiger partial charge < -0.3 is 31.5 Å². The molecule has 0 unspecified atom stereocenters. The maximum Gasteiger partial charge on any atom is 0.307 e. The zero-order chi connectivity index (χ0) is 31.7. The molecule has 5 N–H and O–H groups in total. The van der Waals surface area contributed by atoms with E-state index in [1.165, 1.54) is 23.5 Å². The molecule has 3 amide bonds. The van der Waals surface area contributed by atoms with Crippen molar-refractivity contribution in [1.82, 2.24) is 29.2 Å². The van der Waals surface area contributed by atoms with E-state index in [9.17, 15) is 24.3 Å². The van der Waals surface area contributed by atoms with Crippen molar-refractivity contribution in [2.45, 2.75) is 54.8 Å². The molecule has 5 heterocycles. The third kappa shape index (κ3) is 6.36. The minimum atomic E-state index is -1.51. The van der Waals surface area contributed by atoms with Gasteiger partial charge in [0, 0.05) is 23.4 Å². The first-order valence-electron chi connectivity index (χ1n) is 13.7. The van der Waals surface area contributed by atoms with Gasteiger partial charge in [0.25, 0.3) is 17.7 Å². The number of anilines is 1. The summed E-state index contributed by atoms with van der Waals surface area (Å²) in [6.07, 6.45) is 8.45. The predicted octanol–water partition coefficient (Wildman–Crippen LogP) is -1.09. The number of nitrogens with two attached hydrogens (primary N) is 2. The lowest BCUT2D eigenvalue weighted by Crippen LogP contribution is -2.71. The number of aromatic nitrogens is 5. The van der Waals surface area contributed by atoms with Gasteiger partial charge in [0.15, 0.2) is 17.9 Å². The number of β-lactam (4-membered cyclic amide) rings is 1. The second-order valence-corrected chi connectivity index (χ2v) is 13.0. The van der Waals surface area contributed by atoms with E-state index in [4.69, 9.17) is 16.3 Å². The van der Waals surface area contributed by atoms with Crippen molar-refractivity contribution in [1.29, 1.82) is 0 Å². The van der Waals surface area contributed by atoms with Crippen LogP contribution in [0.5, 0.6) is 0 Å². The normalized spacial score (nSPS) is 20.5. The van der Waals surface area contributed by atoms with Crippen LogP contribution in [0.15, 0.2) is 57.5 Å². The number of oxime groups is 1. The van der Waals surface area contributed by atoms with Crippen molar-refractivity contribution in [3.05, 3.63) is 53.1 Å². The summed E-state index contributed by atoms with van der Waals surface area (Å²) in [4.78, 5) is 60.6. The Labute approximate surface area is 267 Å². The van der Waals surface area contributed by atoms with Crippen molar-refractivity contribution < 1.29 is 33.7 Å². The smallest absolute Gasteiger partial charge is 0.307 e. The summed E-state index contributed by atoms with van der Waals surface area (Å²) in [6, 6.07) is 2.52. The molecule has 2 fully saturated rings. The fourth-order valence-corrected chi connectivity index (χ4v) is 7.53. The highest BCUT2D eigenvalue weighted by atomic mass is 32.2. The molecule has 2 atom stereocenters. The first kappa shape index (κ1) is 30.5. The first-order chi connectivity index (χ1) is 21.7. The van der Waals surface area contributed by atoms with E-state index >= 15 is 0 Å². The van der Waals surface area contributed by atoms with Gasteiger partial charge in [0.1, 0.15) is 28.7 Å². The number of carboxylic acid groups (broad SMARTS) is 1. The zero-order valence-corrected chi connectivity index (χ0v) is 25.8. The highest BCUT2D eigenvalue weighted by Gasteiger charge is 2.53. The molecule has 0 radical (unpaired) electrons. The lowest BCUT2D eigenvalue weighted by atomic mass is 10.0. The van der Waals surface area contributed by atoms with Crippen LogP contribution in [0, 0.1) is 0 Å². The van der Waals surface area contributed by atoms with Gasteiger partial charge in [0.05, 0.1) is 11.7 Å². The number of nitrogen functional groups attached to an aromatic ring is 1. The van der Waals surface area contributed by atoms with E-state index in [1.807, 2.05) is 0 Å². The second kappa shape index (κ2) is 12.9. The average Bonchev–Trinajstić information content (AvgIpc) is 3.77. The molecule has 234 valence electrons. The Morgan fingerprint density at radius 2 is 2.09 bits per heavy atom. The summed E-state index contributed by atoms with van der Waals surface area (Å²) >= 11 is 3.42. The van der Waals surface area contributed by atoms with E-state index < -0.39 is 35.1 Å². The summed E-state index contributed by atoms with van der Waals surface area (Å²) in [5.41, 5.74) is 11.6. The minimum Gasteiger partial charge on any atom is -0.543 e. The number of carbonyl (C=O) groups excluding carboxylic acids is 4. The number of fused-ring (bicyclic) bond motifs is 2. The topological polar surface area (TPSA) is 227 Å². The Morgan fingerprint density at radius 1 is 1.29 bits per heavy atom. The van der Waals surface area contributed by atoms with Gasteiger partial charge in [-0.25, -0.2) is 4.57 Å². The summed E-state index contributed by atoms with van der Waals surface area (Å²) in [6.45, 7) is 0.0187. The molecule has 1 saturated carbocycles. The van der Waals surface area contributed by atoms with Gasteiger partial charge in [0.2, 0.25) is 11.5 Å². The first-order valence-corrected chi connectivity index (χ1v) is 16.4. The monoisotopic (exact) mass is 670 g/mol. The molecule has 0 spiro atoms. The van der Waals surface area contributed by atoms with Crippen LogP contribution in [-0.4, -0.2) is 76.5 Å². The van der Waals surface area contributed by atoms with Crippen molar-refractivity contribution in [3.8, 4) is 0 Å². The maximum atomic E-state index is 13.3. The van der Waals surface area contributed by atoms with Crippen molar-refractivity contribution in [3.63, 3.8) is 0 Å². The van der Waals surface area contributed by atoms with Crippen LogP contribution in [0.1, 0.15) is 31.5 Å². The number of primary amides is 1. The number of nitrogens with zero attached hydrogens (tertiary/aromatic N) is 7. The van der Waals surface area contributed by atoms with Crippen LogP contribution in [0.4, 0.5) is 5.13 Å². The zero-order valence-electron chi connectivity index (χ0n) is 23.4. The third-order valence-electron chi connectivity index (χ3n) is 7.22. The standard InChI is InChI=1S/C26H26N10O6S3/c27-15(37)11-34-8-9-35-17(34)6-5-16(31-35)43-10-7-13-12-44-24-19(23(39)36(24)20(13)25(40)41)29-22(38)18(21-30-26(28)45-33-21)32-42-14-3-1-2-4-14/h5-10,14,19,24H,1-4,11-12H2,(H5-,27,28,29,30,33,37,38,40,41)/b10-7+,32-18+/t19-,24-/m1/s1. The number of rotatable bonds is 11. The van der Waals surface area contributed by atoms with Crippen LogP contribution in [0.2, 0.25) is 0 Å². The maximum absolute atomic E-state index is 13.3. The molecule has 6 rings (SSSR count). The fraction of sp³-hybridized carbons (Fsp3) is 0.346. The number of amides is 3. The van der Waals surface area contributed by atoms with Gasteiger partial charge in [-0.1, -0.05) is 22.0 Å². The van der Waals surface area contributed by atoms with Crippen LogP contribution >= 0.6 is 35.1 Å². The number of nitrogens with one attached hydrogen (secondary N) is 1. The molecule has 2 aliphatic heterocycles. The molecular weight excluding hydrogens is 645 g/mol. The Hall–Kier alpha value is -4.49. The molecule has 3 aliphatic rings. The average molecular weight is 671 g/mol. The van der Waals surface area contributed by atoms with Crippen molar-refractivity contribution in [2.75, 3.05) is 11.5 Å². The molecule has 0 bridgehead atoms. The van der Waals surface area contributed by atoms with Crippen LogP contribution in [0.3, 0.4) is 0 Å². The van der Waals surface area contributed by atoms with Gasteiger partial charge >= 0.3 is 5.65 Å². The van der Waals surface area contributed by atoms with Crippen LogP contribution in [-0.2, 0) is 30.6 Å². The summed E-state index contributed by atoms with van der Waals surface area (Å²) in [7, 11) is 0. The predicted molar refractivity (Wildman–Crippen MR) is 161 cm³/mol. The lowest BCUT2D eigenvalue weighted by molar-refractivity contribution is -0.658.